The van der Waals surface area contributed by atoms with Gasteiger partial charge in [-0.1, -0.05) is 43.0 Å². The second-order valence-electron chi connectivity index (χ2n) is 6.54. The van der Waals surface area contributed by atoms with Crippen molar-refractivity contribution in [3.63, 3.8) is 0 Å². The summed E-state index contributed by atoms with van der Waals surface area (Å²) in [4.78, 5) is 17.9. The normalized spacial score (nSPS) is 17.6. The molecule has 8 heteroatoms. The Kier molecular flexibility index (Phi) is 5.44. The molecule has 0 spiro atoms. The van der Waals surface area contributed by atoms with Crippen LogP contribution in [0.3, 0.4) is 0 Å². The third-order valence-electron chi connectivity index (χ3n) is 4.66. The van der Waals surface area contributed by atoms with Gasteiger partial charge in [0.1, 0.15) is 5.70 Å². The van der Waals surface area contributed by atoms with Crippen molar-refractivity contribution < 1.29 is 14.3 Å². The average Bonchev–Trinajstić information content (AvgIpc) is 2.76. The van der Waals surface area contributed by atoms with Gasteiger partial charge in [0.05, 0.1) is 19.6 Å². The van der Waals surface area contributed by atoms with Crippen molar-refractivity contribution in [1.82, 2.24) is 10.3 Å². The van der Waals surface area contributed by atoms with Crippen LogP contribution in [0, 0.1) is 0 Å². The number of methoxy groups -OCH3 is 2. The molecule has 0 saturated heterocycles. The number of rotatable bonds is 5. The molecule has 2 aliphatic rings. The number of hydrazone groups is 1. The summed E-state index contributed by atoms with van der Waals surface area (Å²) in [6.07, 6.45) is 0.505. The Bertz CT molecular complexity index is 1100. The van der Waals surface area contributed by atoms with Gasteiger partial charge in [-0.05, 0) is 24.6 Å². The highest BCUT2D eigenvalue weighted by atomic mass is 32.2. The van der Waals surface area contributed by atoms with Gasteiger partial charge < -0.3 is 9.47 Å². The molecule has 2 heterocycles. The zero-order valence-corrected chi connectivity index (χ0v) is 17.3. The molecule has 7 nitrogen and oxygen atoms in total. The minimum Gasteiger partial charge on any atom is -0.493 e. The molecule has 0 bridgehead atoms. The fourth-order valence-electron chi connectivity index (χ4n) is 3.32. The van der Waals surface area contributed by atoms with E-state index in [1.807, 2.05) is 42.5 Å². The number of nitrogens with zero attached hydrogens (tertiary/aromatic N) is 3. The monoisotopic (exact) mass is 410 g/mol. The summed E-state index contributed by atoms with van der Waals surface area (Å²) < 4.78 is 10.8. The summed E-state index contributed by atoms with van der Waals surface area (Å²) in [6, 6.07) is 13.2. The van der Waals surface area contributed by atoms with Crippen LogP contribution >= 0.6 is 11.8 Å². The van der Waals surface area contributed by atoms with Crippen molar-refractivity contribution in [2.24, 2.45) is 10.1 Å². The third kappa shape index (κ3) is 3.55. The van der Waals surface area contributed by atoms with E-state index in [2.05, 4.69) is 12.2 Å². The topological polar surface area (TPSA) is 75.5 Å². The summed E-state index contributed by atoms with van der Waals surface area (Å²) >= 11 is 1.53. The Morgan fingerprint density at radius 1 is 1.14 bits per heavy atom. The zero-order valence-electron chi connectivity index (χ0n) is 16.5. The molecule has 2 aromatic carbocycles. The molecule has 1 amide bonds. The molecule has 1 unspecified atom stereocenters. The molecule has 2 aromatic rings. The maximum atomic E-state index is 13.0. The number of nitrogens with one attached hydrogen (secondary N) is 1. The maximum Gasteiger partial charge on any atom is 0.276 e. The van der Waals surface area contributed by atoms with Crippen LogP contribution in [0.5, 0.6) is 11.5 Å². The third-order valence-corrected chi connectivity index (χ3v) is 5.73. The molecule has 1 N–H and O–H groups in total. The van der Waals surface area contributed by atoms with Gasteiger partial charge in [-0.2, -0.15) is 0 Å². The number of hydrogen-bond acceptors (Lipinski definition) is 7. The lowest BCUT2D eigenvalue weighted by molar-refractivity contribution is -0.116. The summed E-state index contributed by atoms with van der Waals surface area (Å²) in [5.74, 6) is 1.94. The molecule has 1 atom stereocenters. The molecule has 29 heavy (non-hydrogen) atoms. The van der Waals surface area contributed by atoms with Crippen LogP contribution in [0.2, 0.25) is 0 Å². The number of ether oxygens (including phenoxy) is 2. The van der Waals surface area contributed by atoms with E-state index < -0.39 is 6.17 Å². The van der Waals surface area contributed by atoms with Gasteiger partial charge in [-0.15, -0.1) is 5.10 Å². The lowest BCUT2D eigenvalue weighted by atomic mass is 10.1. The number of amides is 1. The minimum atomic E-state index is -0.483. The van der Waals surface area contributed by atoms with Gasteiger partial charge in [-0.3, -0.25) is 15.1 Å². The van der Waals surface area contributed by atoms with Gasteiger partial charge in [0.2, 0.25) is 0 Å². The molecule has 0 radical (unpaired) electrons. The summed E-state index contributed by atoms with van der Waals surface area (Å²) in [5.41, 5.74) is 1.35. The van der Waals surface area contributed by atoms with Crippen molar-refractivity contribution in [2.45, 2.75) is 19.5 Å². The molecule has 4 rings (SSSR count). The van der Waals surface area contributed by atoms with Gasteiger partial charge in [-0.25, -0.2) is 5.01 Å². The highest BCUT2D eigenvalue weighted by Gasteiger charge is 2.34. The lowest BCUT2D eigenvalue weighted by Gasteiger charge is -2.34. The Hall–Kier alpha value is -3.00. The van der Waals surface area contributed by atoms with Crippen LogP contribution in [-0.2, 0) is 4.79 Å². The number of fused-ring (bicyclic) bond motifs is 2. The molecule has 0 fully saturated rings. The van der Waals surface area contributed by atoms with E-state index in [0.29, 0.717) is 22.4 Å². The highest BCUT2D eigenvalue weighted by molar-refractivity contribution is 8.13. The number of benzene rings is 2. The second-order valence-corrected chi connectivity index (χ2v) is 7.62. The molecule has 0 aliphatic carbocycles. The summed E-state index contributed by atoms with van der Waals surface area (Å²) in [7, 11) is 3.19. The van der Waals surface area contributed by atoms with Crippen molar-refractivity contribution in [3.8, 4) is 11.5 Å². The first-order chi connectivity index (χ1) is 14.2. The maximum absolute atomic E-state index is 13.0. The average molecular weight is 410 g/mol. The van der Waals surface area contributed by atoms with Crippen LogP contribution in [0.4, 0.5) is 0 Å². The largest absolute Gasteiger partial charge is 0.493 e. The van der Waals surface area contributed by atoms with Crippen LogP contribution in [-0.4, -0.2) is 36.1 Å². The van der Waals surface area contributed by atoms with Crippen LogP contribution < -0.4 is 25.4 Å². The molecule has 0 aromatic heterocycles. The van der Waals surface area contributed by atoms with Crippen molar-refractivity contribution in [3.05, 3.63) is 58.6 Å². The lowest BCUT2D eigenvalue weighted by Crippen LogP contribution is -2.50. The molecular formula is C21H22N4O3S. The number of para-hydroxylation sites is 1. The van der Waals surface area contributed by atoms with Gasteiger partial charge in [0.15, 0.2) is 22.8 Å². The van der Waals surface area contributed by atoms with E-state index in [0.717, 1.165) is 28.3 Å². The van der Waals surface area contributed by atoms with E-state index in [4.69, 9.17) is 19.6 Å². The molecule has 2 aliphatic heterocycles. The Balaban J connectivity index is 1.88. The quantitative estimate of drug-likeness (QED) is 0.816. The first-order valence-corrected chi connectivity index (χ1v) is 10.4. The zero-order chi connectivity index (χ0) is 20.4. The van der Waals surface area contributed by atoms with Gasteiger partial charge >= 0.3 is 0 Å². The fraction of sp³-hybridized carbons (Fsp3) is 0.286. The van der Waals surface area contributed by atoms with E-state index >= 15 is 0 Å². The smallest absolute Gasteiger partial charge is 0.276 e. The predicted molar refractivity (Wildman–Crippen MR) is 113 cm³/mol. The highest BCUT2D eigenvalue weighted by Crippen LogP contribution is 2.35. The van der Waals surface area contributed by atoms with Crippen LogP contribution in [0.15, 0.2) is 52.6 Å². The Morgan fingerprint density at radius 3 is 2.69 bits per heavy atom. The first-order valence-electron chi connectivity index (χ1n) is 9.37. The van der Waals surface area contributed by atoms with E-state index in [1.54, 1.807) is 19.2 Å². The SMILES string of the molecule is CCCSC1=NN2C(=c3ccccc3=NC2c2ccc(OC)c(OC)c2)C(=O)N1. The van der Waals surface area contributed by atoms with E-state index in [1.165, 1.54) is 11.8 Å². The van der Waals surface area contributed by atoms with Crippen molar-refractivity contribution in [1.29, 1.82) is 0 Å². The Morgan fingerprint density at radius 2 is 1.93 bits per heavy atom. The van der Waals surface area contributed by atoms with Crippen molar-refractivity contribution >= 4 is 28.5 Å². The summed E-state index contributed by atoms with van der Waals surface area (Å²) in [5, 5.41) is 11.5. The standard InChI is InChI=1S/C21H22N4O3S/c1-4-11-29-21-23-20(26)18-14-7-5-6-8-15(14)22-19(25(18)24-21)13-9-10-16(27-2)17(12-13)28-3/h5-10,12,19H,4,11H2,1-3H3,(H,23,24,26). The Labute approximate surface area is 173 Å². The van der Waals surface area contributed by atoms with Crippen LogP contribution in [0.25, 0.3) is 5.70 Å². The van der Waals surface area contributed by atoms with Crippen molar-refractivity contribution in [2.75, 3.05) is 20.0 Å². The molecule has 150 valence electrons. The fourth-order valence-corrected chi connectivity index (χ4v) is 4.03. The van der Waals surface area contributed by atoms with Crippen LogP contribution in [0.1, 0.15) is 25.1 Å². The predicted octanol–water partition coefficient (Wildman–Crippen LogP) is 1.99. The number of carbonyl (C=O) groups excluding carboxylic acids is 1. The van der Waals surface area contributed by atoms with E-state index in [9.17, 15) is 4.79 Å². The summed E-state index contributed by atoms with van der Waals surface area (Å²) in [6.45, 7) is 2.09. The number of hydrogen-bond donors (Lipinski definition) is 1. The minimum absolute atomic E-state index is 0.175. The first kappa shape index (κ1) is 19.3. The number of amidine groups is 1. The number of thioether (sulfide) groups is 1. The molecule has 0 saturated carbocycles. The number of carbonyl (C=O) groups is 1. The van der Waals surface area contributed by atoms with E-state index in [-0.39, 0.29) is 5.91 Å². The van der Waals surface area contributed by atoms with Gasteiger partial charge in [0.25, 0.3) is 5.91 Å². The second kappa shape index (κ2) is 8.16. The van der Waals surface area contributed by atoms with Gasteiger partial charge in [0, 0.05) is 16.5 Å². The molecular weight excluding hydrogens is 388 g/mol.